The van der Waals surface area contributed by atoms with Crippen LogP contribution in [0.2, 0.25) is 0 Å². The molecule has 1 aliphatic rings. The molecule has 4 amide bonds. The number of guanidine groups is 1. The SMILES string of the molecule is CC(C)(C)OC(=O)NC1=NCc2ccccc2OC/C=C/CN(CCCCCCCCNC(=O)OCc2ccccc2)C(=O)N1. The lowest BCUT2D eigenvalue weighted by molar-refractivity contribution is 0.0561. The van der Waals surface area contributed by atoms with Crippen molar-refractivity contribution in [2.75, 3.05) is 26.2 Å². The summed E-state index contributed by atoms with van der Waals surface area (Å²) in [5.74, 6) is 0.693. The predicted octanol–water partition coefficient (Wildman–Crippen LogP) is 6.29. The van der Waals surface area contributed by atoms with E-state index in [1.54, 1.807) is 25.7 Å². The van der Waals surface area contributed by atoms with Crippen molar-refractivity contribution in [2.45, 2.75) is 78.0 Å². The lowest BCUT2D eigenvalue weighted by Gasteiger charge is -2.23. The molecule has 0 radical (unpaired) electrons. The zero-order valence-electron chi connectivity index (χ0n) is 26.7. The normalized spacial score (nSPS) is 14.6. The second-order valence-corrected chi connectivity index (χ2v) is 11.7. The molecule has 3 rings (SSSR count). The number of aliphatic imine (C=N–C) groups is 1. The van der Waals surface area contributed by atoms with Crippen molar-refractivity contribution in [3.8, 4) is 5.75 Å². The van der Waals surface area contributed by atoms with Gasteiger partial charge in [-0.2, -0.15) is 0 Å². The third-order valence-electron chi connectivity index (χ3n) is 6.68. The van der Waals surface area contributed by atoms with Crippen LogP contribution in [0.3, 0.4) is 0 Å². The molecule has 0 bridgehead atoms. The van der Waals surface area contributed by atoms with Gasteiger partial charge in [0.25, 0.3) is 0 Å². The Morgan fingerprint density at radius 3 is 2.42 bits per heavy atom. The lowest BCUT2D eigenvalue weighted by atomic mass is 10.1. The van der Waals surface area contributed by atoms with Crippen molar-refractivity contribution in [2.24, 2.45) is 4.99 Å². The molecule has 2 aromatic rings. The molecule has 11 nitrogen and oxygen atoms in total. The van der Waals surface area contributed by atoms with Crippen molar-refractivity contribution >= 4 is 24.2 Å². The highest BCUT2D eigenvalue weighted by atomic mass is 16.6. The van der Waals surface area contributed by atoms with E-state index in [4.69, 9.17) is 14.2 Å². The van der Waals surface area contributed by atoms with Gasteiger partial charge in [0, 0.05) is 25.2 Å². The molecule has 45 heavy (non-hydrogen) atoms. The van der Waals surface area contributed by atoms with E-state index in [9.17, 15) is 14.4 Å². The minimum atomic E-state index is -0.708. The molecule has 0 spiro atoms. The summed E-state index contributed by atoms with van der Waals surface area (Å²) < 4.78 is 16.5. The highest BCUT2D eigenvalue weighted by Gasteiger charge is 2.20. The molecule has 244 valence electrons. The van der Waals surface area contributed by atoms with Gasteiger partial charge in [0.05, 0.1) is 6.54 Å². The largest absolute Gasteiger partial charge is 0.489 e. The van der Waals surface area contributed by atoms with Crippen molar-refractivity contribution in [1.29, 1.82) is 0 Å². The van der Waals surface area contributed by atoms with Crippen molar-refractivity contribution in [3.05, 3.63) is 77.9 Å². The standard InChI is InChI=1S/C34H47N5O6/c1-34(2,3)45-33(42)38-30-36-25-28-19-11-12-20-29(28)43-24-16-15-23-39(31(40)37-30)22-14-7-5-4-6-13-21-35-32(41)44-26-27-17-9-8-10-18-27/h8-12,15-20H,4-7,13-14,21-26H2,1-3H3,(H,35,41)(H2,36,37,38,40,42)/b16-15+. The summed E-state index contributed by atoms with van der Waals surface area (Å²) >= 11 is 0. The number of carbonyl (C=O) groups is 3. The second-order valence-electron chi connectivity index (χ2n) is 11.7. The van der Waals surface area contributed by atoms with Gasteiger partial charge in [-0.25, -0.2) is 19.4 Å². The van der Waals surface area contributed by atoms with Crippen LogP contribution in [0.5, 0.6) is 5.75 Å². The molecule has 0 unspecified atom stereocenters. The molecule has 2 aromatic carbocycles. The molecule has 1 aliphatic heterocycles. The molecular formula is C34H47N5O6. The van der Waals surface area contributed by atoms with Gasteiger partial charge in [0.1, 0.15) is 24.6 Å². The average Bonchev–Trinajstić information content (AvgIpc) is 3.01. The first-order valence-electron chi connectivity index (χ1n) is 15.6. The van der Waals surface area contributed by atoms with Gasteiger partial charge in [-0.05, 0) is 51.3 Å². The van der Waals surface area contributed by atoms with Gasteiger partial charge in [-0.15, -0.1) is 0 Å². The maximum Gasteiger partial charge on any atom is 0.414 e. The Kier molecular flexibility index (Phi) is 14.7. The Labute approximate surface area is 266 Å². The van der Waals surface area contributed by atoms with E-state index >= 15 is 0 Å². The maximum atomic E-state index is 13.3. The number of fused-ring (bicyclic) bond motifs is 1. The fourth-order valence-electron chi connectivity index (χ4n) is 4.41. The number of para-hydroxylation sites is 1. The van der Waals surface area contributed by atoms with E-state index in [0.29, 0.717) is 32.0 Å². The number of nitrogens with one attached hydrogen (secondary N) is 3. The number of hydrogen-bond acceptors (Lipinski definition) is 7. The van der Waals surface area contributed by atoms with E-state index in [2.05, 4.69) is 20.9 Å². The third kappa shape index (κ3) is 14.7. The second kappa shape index (κ2) is 19.0. The fraction of sp³-hybridized carbons (Fsp3) is 0.471. The maximum absolute atomic E-state index is 13.3. The van der Waals surface area contributed by atoms with E-state index in [-0.39, 0.29) is 25.1 Å². The van der Waals surface area contributed by atoms with Crippen LogP contribution in [0.15, 0.2) is 71.7 Å². The predicted molar refractivity (Wildman–Crippen MR) is 174 cm³/mol. The van der Waals surface area contributed by atoms with E-state index in [1.807, 2.05) is 66.7 Å². The molecule has 1 heterocycles. The molecule has 0 saturated heterocycles. The minimum Gasteiger partial charge on any atom is -0.489 e. The van der Waals surface area contributed by atoms with Gasteiger partial charge in [0.15, 0.2) is 0 Å². The molecule has 0 aliphatic carbocycles. The monoisotopic (exact) mass is 621 g/mol. The van der Waals surface area contributed by atoms with Crippen LogP contribution in [-0.4, -0.2) is 60.9 Å². The molecule has 0 saturated carbocycles. The van der Waals surface area contributed by atoms with Crippen LogP contribution in [0, 0.1) is 0 Å². The first kappa shape index (κ1) is 34.9. The number of amides is 4. The van der Waals surface area contributed by atoms with E-state index < -0.39 is 17.8 Å². The Balaban J connectivity index is 1.43. The molecule has 11 heteroatoms. The number of nitrogens with zero attached hydrogens (tertiary/aromatic N) is 2. The van der Waals surface area contributed by atoms with Crippen molar-refractivity contribution in [3.63, 3.8) is 0 Å². The van der Waals surface area contributed by atoms with E-state index in [1.165, 1.54) is 0 Å². The molecular weight excluding hydrogens is 574 g/mol. The smallest absolute Gasteiger partial charge is 0.414 e. The van der Waals surface area contributed by atoms with Crippen LogP contribution in [0.4, 0.5) is 14.4 Å². The highest BCUT2D eigenvalue weighted by Crippen LogP contribution is 2.19. The van der Waals surface area contributed by atoms with Gasteiger partial charge in [0.2, 0.25) is 5.96 Å². The van der Waals surface area contributed by atoms with E-state index in [0.717, 1.165) is 49.7 Å². The van der Waals surface area contributed by atoms with Crippen LogP contribution in [0.1, 0.15) is 70.4 Å². The minimum absolute atomic E-state index is 0.00911. The van der Waals surface area contributed by atoms with Crippen LogP contribution in [-0.2, 0) is 22.6 Å². The Hall–Kier alpha value is -4.54. The Bertz CT molecular complexity index is 1280. The zero-order valence-corrected chi connectivity index (χ0v) is 26.7. The summed E-state index contributed by atoms with van der Waals surface area (Å²) in [5, 5.41) is 8.14. The summed E-state index contributed by atoms with van der Waals surface area (Å²) in [7, 11) is 0. The van der Waals surface area contributed by atoms with Crippen LogP contribution in [0.25, 0.3) is 0 Å². The molecule has 0 fully saturated rings. The number of urea groups is 1. The van der Waals surface area contributed by atoms with Crippen molar-refractivity contribution < 1.29 is 28.6 Å². The number of carbonyl (C=O) groups excluding carboxylic acids is 3. The Morgan fingerprint density at radius 2 is 1.64 bits per heavy atom. The van der Waals surface area contributed by atoms with Gasteiger partial charge in [-0.3, -0.25) is 10.6 Å². The zero-order chi connectivity index (χ0) is 32.3. The van der Waals surface area contributed by atoms with Gasteiger partial charge >= 0.3 is 18.2 Å². The third-order valence-corrected chi connectivity index (χ3v) is 6.68. The quantitative estimate of drug-likeness (QED) is 0.200. The van der Waals surface area contributed by atoms with Gasteiger partial charge < -0.3 is 24.4 Å². The number of rotatable bonds is 11. The van der Waals surface area contributed by atoms with Crippen LogP contribution >= 0.6 is 0 Å². The topological polar surface area (TPSA) is 131 Å². The summed E-state index contributed by atoms with van der Waals surface area (Å²) in [5.41, 5.74) is 1.06. The Morgan fingerprint density at radius 1 is 0.933 bits per heavy atom. The fourth-order valence-corrected chi connectivity index (χ4v) is 4.41. The first-order chi connectivity index (χ1) is 21.7. The molecule has 3 N–H and O–H groups in total. The number of unbranched alkanes of at least 4 members (excludes halogenated alkanes) is 5. The molecule has 0 aromatic heterocycles. The average molecular weight is 622 g/mol. The highest BCUT2D eigenvalue weighted by molar-refractivity contribution is 6.02. The summed E-state index contributed by atoms with van der Waals surface area (Å²) in [6, 6.07) is 16.7. The summed E-state index contributed by atoms with van der Waals surface area (Å²) in [6.45, 7) is 7.58. The number of ether oxygens (including phenoxy) is 3. The number of hydrogen-bond donors (Lipinski definition) is 3. The van der Waals surface area contributed by atoms with Gasteiger partial charge in [-0.1, -0.05) is 80.3 Å². The van der Waals surface area contributed by atoms with Crippen LogP contribution < -0.4 is 20.7 Å². The summed E-state index contributed by atoms with van der Waals surface area (Å²) in [6.07, 6.45) is 8.36. The number of benzene rings is 2. The molecule has 0 atom stereocenters. The first-order valence-corrected chi connectivity index (χ1v) is 15.6. The van der Waals surface area contributed by atoms with Crippen molar-refractivity contribution in [1.82, 2.24) is 20.9 Å². The number of alkyl carbamates (subject to hydrolysis) is 2. The lowest BCUT2D eigenvalue weighted by Crippen LogP contribution is -2.50. The summed E-state index contributed by atoms with van der Waals surface area (Å²) in [4.78, 5) is 43.8.